The molecule has 1 fully saturated rings. The Morgan fingerprint density at radius 1 is 1.29 bits per heavy atom. The predicted octanol–water partition coefficient (Wildman–Crippen LogP) is 1.14. The van der Waals surface area contributed by atoms with Gasteiger partial charge in [-0.1, -0.05) is 11.6 Å². The van der Waals surface area contributed by atoms with Crippen LogP contribution in [-0.4, -0.2) is 76.2 Å². The van der Waals surface area contributed by atoms with E-state index < -0.39 is 28.6 Å². The van der Waals surface area contributed by atoms with Crippen LogP contribution in [0, 0.1) is 0 Å². The van der Waals surface area contributed by atoms with E-state index >= 15 is 0 Å². The van der Waals surface area contributed by atoms with Gasteiger partial charge in [-0.05, 0) is 42.7 Å². The van der Waals surface area contributed by atoms with Crippen LogP contribution in [0.1, 0.15) is 6.42 Å². The quantitative estimate of drug-likeness (QED) is 0.563. The highest BCUT2D eigenvalue weighted by molar-refractivity contribution is 7.98. The molecule has 0 spiro atoms. The van der Waals surface area contributed by atoms with Crippen molar-refractivity contribution in [3.63, 3.8) is 0 Å². The third kappa shape index (κ3) is 6.93. The van der Waals surface area contributed by atoms with Crippen LogP contribution in [0.5, 0.6) is 0 Å². The Balaban J connectivity index is 1.99. The number of carbonyl (C=O) groups excluding carboxylic acids is 2. The molecule has 0 saturated carbocycles. The van der Waals surface area contributed by atoms with E-state index in [1.165, 1.54) is 36.0 Å². The molecular formula is C17H23ClN2O6S2. The first-order valence-corrected chi connectivity index (χ1v) is 11.9. The van der Waals surface area contributed by atoms with E-state index in [4.69, 9.17) is 21.1 Å². The van der Waals surface area contributed by atoms with Gasteiger partial charge in [0.05, 0.1) is 18.1 Å². The number of carbonyl (C=O) groups is 2. The lowest BCUT2D eigenvalue weighted by Gasteiger charge is -2.26. The summed E-state index contributed by atoms with van der Waals surface area (Å²) in [4.78, 5) is 26.1. The van der Waals surface area contributed by atoms with Crippen molar-refractivity contribution in [1.82, 2.24) is 9.62 Å². The van der Waals surface area contributed by atoms with Crippen molar-refractivity contribution in [3.8, 4) is 0 Å². The average molecular weight is 451 g/mol. The van der Waals surface area contributed by atoms with Gasteiger partial charge in [0.1, 0.15) is 6.04 Å². The van der Waals surface area contributed by atoms with E-state index in [0.29, 0.717) is 37.1 Å². The summed E-state index contributed by atoms with van der Waals surface area (Å²) in [5.41, 5.74) is 0. The number of hydrogen-bond donors (Lipinski definition) is 1. The zero-order valence-corrected chi connectivity index (χ0v) is 17.8. The smallest absolute Gasteiger partial charge is 0.324 e. The Labute approximate surface area is 173 Å². The van der Waals surface area contributed by atoms with Crippen LogP contribution < -0.4 is 4.72 Å². The fourth-order valence-electron chi connectivity index (χ4n) is 2.47. The first kappa shape index (κ1) is 23.0. The molecule has 1 saturated heterocycles. The van der Waals surface area contributed by atoms with Crippen molar-refractivity contribution in [2.45, 2.75) is 17.4 Å². The van der Waals surface area contributed by atoms with Crippen LogP contribution in [0.2, 0.25) is 5.02 Å². The van der Waals surface area contributed by atoms with Crippen LogP contribution in [-0.2, 0) is 29.1 Å². The molecule has 8 nitrogen and oxygen atoms in total. The van der Waals surface area contributed by atoms with Crippen LogP contribution in [0.15, 0.2) is 29.2 Å². The van der Waals surface area contributed by atoms with Crippen LogP contribution in [0.25, 0.3) is 0 Å². The predicted molar refractivity (Wildman–Crippen MR) is 107 cm³/mol. The molecule has 1 aromatic rings. The molecular weight excluding hydrogens is 428 g/mol. The minimum atomic E-state index is -3.94. The minimum absolute atomic E-state index is 0.0109. The summed E-state index contributed by atoms with van der Waals surface area (Å²) < 4.78 is 37.7. The van der Waals surface area contributed by atoms with Crippen molar-refractivity contribution < 1.29 is 27.5 Å². The molecule has 0 unspecified atom stereocenters. The summed E-state index contributed by atoms with van der Waals surface area (Å²) in [7, 11) is -3.94. The molecule has 1 aromatic carbocycles. The van der Waals surface area contributed by atoms with Crippen molar-refractivity contribution in [3.05, 3.63) is 29.3 Å². The molecule has 1 N–H and O–H groups in total. The molecule has 11 heteroatoms. The van der Waals surface area contributed by atoms with Crippen LogP contribution in [0.3, 0.4) is 0 Å². The molecule has 0 aliphatic carbocycles. The molecule has 1 heterocycles. The number of morpholine rings is 1. The van der Waals surface area contributed by atoms with E-state index in [9.17, 15) is 18.0 Å². The summed E-state index contributed by atoms with van der Waals surface area (Å²) in [6, 6.07) is 4.51. The van der Waals surface area contributed by atoms with Gasteiger partial charge in [-0.15, -0.1) is 0 Å². The van der Waals surface area contributed by atoms with E-state index in [-0.39, 0.29) is 17.2 Å². The largest absolute Gasteiger partial charge is 0.454 e. The lowest BCUT2D eigenvalue weighted by molar-refractivity contribution is -0.154. The topological polar surface area (TPSA) is 102 Å². The Bertz CT molecular complexity index is 766. The minimum Gasteiger partial charge on any atom is -0.454 e. The zero-order valence-electron chi connectivity index (χ0n) is 15.4. The number of thioether (sulfide) groups is 1. The Morgan fingerprint density at radius 3 is 2.54 bits per heavy atom. The maximum Gasteiger partial charge on any atom is 0.324 e. The summed E-state index contributed by atoms with van der Waals surface area (Å²) in [5, 5.41) is 0.402. The summed E-state index contributed by atoms with van der Waals surface area (Å²) in [5.74, 6) is -0.575. The lowest BCUT2D eigenvalue weighted by Crippen LogP contribution is -2.45. The maximum atomic E-state index is 12.5. The summed E-state index contributed by atoms with van der Waals surface area (Å²) in [6.07, 6.45) is 2.08. The highest BCUT2D eigenvalue weighted by Gasteiger charge is 2.28. The Hall–Kier alpha value is -1.33. The normalized spacial score (nSPS) is 15.9. The molecule has 156 valence electrons. The molecule has 1 amide bonds. The van der Waals surface area contributed by atoms with Gasteiger partial charge in [0.15, 0.2) is 6.61 Å². The number of esters is 1. The van der Waals surface area contributed by atoms with E-state index in [2.05, 4.69) is 4.72 Å². The van der Waals surface area contributed by atoms with E-state index in [1.807, 2.05) is 6.26 Å². The van der Waals surface area contributed by atoms with Gasteiger partial charge in [0.25, 0.3) is 5.91 Å². The molecule has 1 aliphatic heterocycles. The number of amides is 1. The second-order valence-corrected chi connectivity index (χ2v) is 9.15. The Kier molecular flexibility index (Phi) is 9.03. The number of nitrogens with one attached hydrogen (secondary N) is 1. The molecule has 0 bridgehead atoms. The third-order valence-corrected chi connectivity index (χ3v) is 6.40. The number of nitrogens with zero attached hydrogens (tertiary/aromatic N) is 1. The van der Waals surface area contributed by atoms with Crippen molar-refractivity contribution >= 4 is 45.3 Å². The van der Waals surface area contributed by atoms with E-state index in [0.717, 1.165) is 0 Å². The summed E-state index contributed by atoms with van der Waals surface area (Å²) >= 11 is 7.25. The highest BCUT2D eigenvalue weighted by atomic mass is 35.5. The number of halogens is 1. The standard InChI is InChI=1S/C17H23ClN2O6S2/c1-27-11-6-15(19-28(23,24)14-4-2-13(18)3-5-14)17(22)26-12-16(21)20-7-9-25-10-8-20/h2-5,15,19H,6-12H2,1H3/t15-/m1/s1. The second-order valence-electron chi connectivity index (χ2n) is 6.01. The fourth-order valence-corrected chi connectivity index (χ4v) is 4.28. The first-order valence-electron chi connectivity index (χ1n) is 8.62. The molecule has 1 aliphatic rings. The van der Waals surface area contributed by atoms with Gasteiger partial charge in [0, 0.05) is 18.1 Å². The Morgan fingerprint density at radius 2 is 1.93 bits per heavy atom. The fraction of sp³-hybridized carbons (Fsp3) is 0.529. The summed E-state index contributed by atoms with van der Waals surface area (Å²) in [6.45, 7) is 1.33. The molecule has 2 rings (SSSR count). The number of rotatable bonds is 9. The lowest BCUT2D eigenvalue weighted by atomic mass is 10.2. The SMILES string of the molecule is CSCC[C@@H](NS(=O)(=O)c1ccc(Cl)cc1)C(=O)OCC(=O)N1CCOCC1. The van der Waals surface area contributed by atoms with Crippen molar-refractivity contribution in [2.24, 2.45) is 0 Å². The molecule has 28 heavy (non-hydrogen) atoms. The van der Waals surface area contributed by atoms with Gasteiger partial charge in [-0.2, -0.15) is 16.5 Å². The second kappa shape index (κ2) is 11.0. The van der Waals surface area contributed by atoms with Crippen LogP contribution >= 0.6 is 23.4 Å². The van der Waals surface area contributed by atoms with Gasteiger partial charge < -0.3 is 14.4 Å². The van der Waals surface area contributed by atoms with E-state index in [1.54, 1.807) is 4.90 Å². The number of benzene rings is 1. The highest BCUT2D eigenvalue weighted by Crippen LogP contribution is 2.15. The molecule has 0 aromatic heterocycles. The van der Waals surface area contributed by atoms with Gasteiger partial charge >= 0.3 is 5.97 Å². The van der Waals surface area contributed by atoms with Gasteiger partial charge in [-0.3, -0.25) is 9.59 Å². The van der Waals surface area contributed by atoms with Crippen molar-refractivity contribution in [1.29, 1.82) is 0 Å². The number of ether oxygens (including phenoxy) is 2. The zero-order chi connectivity index (χ0) is 20.6. The maximum absolute atomic E-state index is 12.5. The number of sulfonamides is 1. The third-order valence-electron chi connectivity index (χ3n) is 4.02. The van der Waals surface area contributed by atoms with Gasteiger partial charge in [-0.25, -0.2) is 8.42 Å². The van der Waals surface area contributed by atoms with Gasteiger partial charge in [0.2, 0.25) is 10.0 Å². The van der Waals surface area contributed by atoms with Crippen LogP contribution in [0.4, 0.5) is 0 Å². The monoisotopic (exact) mass is 450 g/mol. The average Bonchev–Trinajstić information content (AvgIpc) is 2.70. The number of hydrogen-bond acceptors (Lipinski definition) is 7. The first-order chi connectivity index (χ1) is 13.3. The van der Waals surface area contributed by atoms with Crippen molar-refractivity contribution in [2.75, 3.05) is 44.9 Å². The molecule has 0 radical (unpaired) electrons. The molecule has 1 atom stereocenters.